The lowest BCUT2D eigenvalue weighted by atomic mass is 10.1. The molecule has 4 nitrogen and oxygen atoms in total. The molecular formula is C11H21N3O. The van der Waals surface area contributed by atoms with E-state index in [1.807, 2.05) is 17.9 Å². The van der Waals surface area contributed by atoms with Crippen LogP contribution in [-0.4, -0.2) is 30.0 Å². The fourth-order valence-corrected chi connectivity index (χ4v) is 1.61. The first-order chi connectivity index (χ1) is 7.27. The van der Waals surface area contributed by atoms with Crippen LogP contribution in [0, 0.1) is 0 Å². The van der Waals surface area contributed by atoms with Crippen molar-refractivity contribution in [2.45, 2.75) is 25.8 Å². The molecule has 1 unspecified atom stereocenters. The van der Waals surface area contributed by atoms with Gasteiger partial charge in [-0.3, -0.25) is 4.68 Å². The average Bonchev–Trinajstić information content (AvgIpc) is 2.65. The standard InChI is InChI=1S/C11H21N3O/c1-4-11(12-6-5-7-15-3)10-8-13-14(2)9-10/h8-9,11-12H,4-7H2,1-3H3. The summed E-state index contributed by atoms with van der Waals surface area (Å²) in [6, 6.07) is 0.413. The van der Waals surface area contributed by atoms with Gasteiger partial charge in [0.2, 0.25) is 0 Å². The lowest BCUT2D eigenvalue weighted by Crippen LogP contribution is -2.22. The molecule has 1 aromatic rings. The van der Waals surface area contributed by atoms with Gasteiger partial charge < -0.3 is 10.1 Å². The van der Waals surface area contributed by atoms with Crippen LogP contribution in [0.25, 0.3) is 0 Å². The molecule has 0 bridgehead atoms. The minimum atomic E-state index is 0.413. The van der Waals surface area contributed by atoms with Crippen LogP contribution >= 0.6 is 0 Å². The van der Waals surface area contributed by atoms with Gasteiger partial charge in [0, 0.05) is 38.6 Å². The number of ether oxygens (including phenoxy) is 1. The van der Waals surface area contributed by atoms with E-state index in [9.17, 15) is 0 Å². The second-order valence-corrected chi connectivity index (χ2v) is 3.71. The molecule has 1 N–H and O–H groups in total. The Balaban J connectivity index is 2.35. The molecule has 15 heavy (non-hydrogen) atoms. The van der Waals surface area contributed by atoms with E-state index in [1.165, 1.54) is 5.56 Å². The molecule has 0 fully saturated rings. The normalized spacial score (nSPS) is 13.0. The fourth-order valence-electron chi connectivity index (χ4n) is 1.61. The Morgan fingerprint density at radius 2 is 2.40 bits per heavy atom. The maximum absolute atomic E-state index is 5.01. The van der Waals surface area contributed by atoms with Crippen molar-refractivity contribution in [2.75, 3.05) is 20.3 Å². The highest BCUT2D eigenvalue weighted by Gasteiger charge is 2.09. The van der Waals surface area contributed by atoms with Crippen LogP contribution in [0.4, 0.5) is 0 Å². The van der Waals surface area contributed by atoms with Crippen LogP contribution in [0.3, 0.4) is 0 Å². The number of aromatic nitrogens is 2. The monoisotopic (exact) mass is 211 g/mol. The second-order valence-electron chi connectivity index (χ2n) is 3.71. The lowest BCUT2D eigenvalue weighted by Gasteiger charge is -2.14. The van der Waals surface area contributed by atoms with Gasteiger partial charge in [0.05, 0.1) is 6.20 Å². The number of rotatable bonds is 7. The molecule has 0 aliphatic rings. The van der Waals surface area contributed by atoms with E-state index >= 15 is 0 Å². The van der Waals surface area contributed by atoms with Crippen LogP contribution in [0.2, 0.25) is 0 Å². The van der Waals surface area contributed by atoms with Gasteiger partial charge in [-0.1, -0.05) is 6.92 Å². The van der Waals surface area contributed by atoms with Gasteiger partial charge in [-0.05, 0) is 19.4 Å². The molecule has 1 heterocycles. The Bertz CT molecular complexity index is 273. The molecule has 0 spiro atoms. The number of hydrogen-bond donors (Lipinski definition) is 1. The highest BCUT2D eigenvalue weighted by Crippen LogP contribution is 2.14. The topological polar surface area (TPSA) is 39.1 Å². The van der Waals surface area contributed by atoms with E-state index in [0.717, 1.165) is 26.0 Å². The van der Waals surface area contributed by atoms with Crippen molar-refractivity contribution in [1.29, 1.82) is 0 Å². The van der Waals surface area contributed by atoms with Crippen molar-refractivity contribution >= 4 is 0 Å². The summed E-state index contributed by atoms with van der Waals surface area (Å²) < 4.78 is 6.85. The molecule has 86 valence electrons. The van der Waals surface area contributed by atoms with Crippen LogP contribution in [0.15, 0.2) is 12.4 Å². The molecule has 0 saturated heterocycles. The third-order valence-electron chi connectivity index (χ3n) is 2.45. The highest BCUT2D eigenvalue weighted by atomic mass is 16.5. The summed E-state index contributed by atoms with van der Waals surface area (Å²) in [4.78, 5) is 0. The smallest absolute Gasteiger partial charge is 0.0537 e. The predicted octanol–water partition coefficient (Wildman–Crippen LogP) is 1.50. The first kappa shape index (κ1) is 12.2. The van der Waals surface area contributed by atoms with Crippen molar-refractivity contribution in [1.82, 2.24) is 15.1 Å². The van der Waals surface area contributed by atoms with E-state index in [2.05, 4.69) is 23.5 Å². The summed E-state index contributed by atoms with van der Waals surface area (Å²) in [5.74, 6) is 0. The van der Waals surface area contributed by atoms with Crippen LogP contribution in [0.5, 0.6) is 0 Å². The van der Waals surface area contributed by atoms with Crippen molar-refractivity contribution in [3.63, 3.8) is 0 Å². The number of aryl methyl sites for hydroxylation is 1. The quantitative estimate of drug-likeness (QED) is 0.695. The molecule has 0 amide bonds. The third kappa shape index (κ3) is 4.01. The Morgan fingerprint density at radius 3 is 2.93 bits per heavy atom. The molecule has 1 rings (SSSR count). The SMILES string of the molecule is CCC(NCCCOC)c1cnn(C)c1. The number of nitrogens with one attached hydrogen (secondary N) is 1. The molecule has 1 atom stereocenters. The highest BCUT2D eigenvalue weighted by molar-refractivity contribution is 5.09. The van der Waals surface area contributed by atoms with Gasteiger partial charge in [-0.2, -0.15) is 5.10 Å². The van der Waals surface area contributed by atoms with E-state index in [1.54, 1.807) is 7.11 Å². The van der Waals surface area contributed by atoms with Gasteiger partial charge in [-0.25, -0.2) is 0 Å². The molecule has 0 radical (unpaired) electrons. The molecular weight excluding hydrogens is 190 g/mol. The Hall–Kier alpha value is -0.870. The van der Waals surface area contributed by atoms with E-state index in [0.29, 0.717) is 6.04 Å². The molecule has 0 aliphatic carbocycles. The van der Waals surface area contributed by atoms with Gasteiger partial charge in [0.1, 0.15) is 0 Å². The van der Waals surface area contributed by atoms with Gasteiger partial charge in [0.25, 0.3) is 0 Å². The first-order valence-electron chi connectivity index (χ1n) is 5.48. The summed E-state index contributed by atoms with van der Waals surface area (Å²) in [6.07, 6.45) is 6.13. The Morgan fingerprint density at radius 1 is 1.60 bits per heavy atom. The van der Waals surface area contributed by atoms with Crippen LogP contribution < -0.4 is 5.32 Å². The first-order valence-corrected chi connectivity index (χ1v) is 5.48. The fraction of sp³-hybridized carbons (Fsp3) is 0.727. The summed E-state index contributed by atoms with van der Waals surface area (Å²) in [6.45, 7) is 3.98. The van der Waals surface area contributed by atoms with Crippen LogP contribution in [0.1, 0.15) is 31.4 Å². The molecule has 4 heteroatoms. The van der Waals surface area contributed by atoms with Gasteiger partial charge >= 0.3 is 0 Å². The second kappa shape index (κ2) is 6.58. The Labute approximate surface area is 91.6 Å². The van der Waals surface area contributed by atoms with Crippen molar-refractivity contribution < 1.29 is 4.74 Å². The predicted molar refractivity (Wildman–Crippen MR) is 60.7 cm³/mol. The zero-order valence-electron chi connectivity index (χ0n) is 9.86. The zero-order chi connectivity index (χ0) is 11.1. The van der Waals surface area contributed by atoms with E-state index in [-0.39, 0.29) is 0 Å². The molecule has 1 aromatic heterocycles. The Kier molecular flexibility index (Phi) is 5.36. The van der Waals surface area contributed by atoms with Gasteiger partial charge in [0.15, 0.2) is 0 Å². The summed E-state index contributed by atoms with van der Waals surface area (Å²) in [5, 5.41) is 7.68. The molecule has 0 aromatic carbocycles. The molecule has 0 aliphatic heterocycles. The maximum Gasteiger partial charge on any atom is 0.0537 e. The zero-order valence-corrected chi connectivity index (χ0v) is 9.86. The van der Waals surface area contributed by atoms with Crippen molar-refractivity contribution in [2.24, 2.45) is 7.05 Å². The lowest BCUT2D eigenvalue weighted by molar-refractivity contribution is 0.193. The minimum Gasteiger partial charge on any atom is -0.385 e. The average molecular weight is 211 g/mol. The number of nitrogens with zero attached hydrogens (tertiary/aromatic N) is 2. The summed E-state index contributed by atoms with van der Waals surface area (Å²) >= 11 is 0. The summed E-state index contributed by atoms with van der Waals surface area (Å²) in [7, 11) is 3.68. The number of methoxy groups -OCH3 is 1. The van der Waals surface area contributed by atoms with E-state index in [4.69, 9.17) is 4.74 Å². The maximum atomic E-state index is 5.01. The van der Waals surface area contributed by atoms with Gasteiger partial charge in [-0.15, -0.1) is 0 Å². The largest absolute Gasteiger partial charge is 0.385 e. The van der Waals surface area contributed by atoms with E-state index < -0.39 is 0 Å². The minimum absolute atomic E-state index is 0.413. The number of hydrogen-bond acceptors (Lipinski definition) is 3. The van der Waals surface area contributed by atoms with Crippen molar-refractivity contribution in [3.8, 4) is 0 Å². The molecule has 0 saturated carbocycles. The van der Waals surface area contributed by atoms with Crippen molar-refractivity contribution in [3.05, 3.63) is 18.0 Å². The summed E-state index contributed by atoms with van der Waals surface area (Å²) in [5.41, 5.74) is 1.26. The third-order valence-corrected chi connectivity index (χ3v) is 2.45. The van der Waals surface area contributed by atoms with Crippen LogP contribution in [-0.2, 0) is 11.8 Å².